The van der Waals surface area contributed by atoms with Gasteiger partial charge < -0.3 is 10.0 Å². The molecule has 0 radical (unpaired) electrons. The van der Waals surface area contributed by atoms with Crippen molar-refractivity contribution in [2.75, 3.05) is 31.1 Å². The van der Waals surface area contributed by atoms with E-state index in [-0.39, 0.29) is 11.2 Å². The second-order valence-electron chi connectivity index (χ2n) is 5.27. The molecule has 1 fully saturated rings. The first-order chi connectivity index (χ1) is 10.7. The van der Waals surface area contributed by atoms with E-state index in [4.69, 9.17) is 0 Å². The maximum absolute atomic E-state index is 11.6. The van der Waals surface area contributed by atoms with E-state index in [1.807, 2.05) is 0 Å². The summed E-state index contributed by atoms with van der Waals surface area (Å²) < 4.78 is 0. The SMILES string of the molecule is O=c1ccccc(CN2CCN(c3ncccn3)CC2)c1O. The summed E-state index contributed by atoms with van der Waals surface area (Å²) in [5.41, 5.74) is 0.329. The minimum absolute atomic E-state index is 0.154. The standard InChI is InChI=1S/C16H18N4O2/c21-14-5-2-1-4-13(15(14)22)12-19-8-10-20(11-9-19)16-17-6-3-7-18-16/h1-7H,8-12H2,(H,21,22). The molecule has 1 aliphatic heterocycles. The third-order valence-corrected chi connectivity index (χ3v) is 3.79. The predicted molar refractivity (Wildman–Crippen MR) is 83.9 cm³/mol. The van der Waals surface area contributed by atoms with Crippen molar-refractivity contribution in [1.82, 2.24) is 14.9 Å². The molecule has 0 bridgehead atoms. The largest absolute Gasteiger partial charge is 0.504 e. The Kier molecular flexibility index (Phi) is 4.29. The van der Waals surface area contributed by atoms with Gasteiger partial charge in [-0.3, -0.25) is 9.69 Å². The molecule has 0 saturated carbocycles. The highest BCUT2D eigenvalue weighted by Gasteiger charge is 2.19. The van der Waals surface area contributed by atoms with Crippen LogP contribution in [0.5, 0.6) is 5.75 Å². The van der Waals surface area contributed by atoms with Gasteiger partial charge in [-0.25, -0.2) is 9.97 Å². The van der Waals surface area contributed by atoms with Gasteiger partial charge in [-0.2, -0.15) is 0 Å². The fraction of sp³-hybridized carbons (Fsp3) is 0.312. The number of hydrogen-bond donors (Lipinski definition) is 1. The quantitative estimate of drug-likeness (QED) is 0.906. The maximum Gasteiger partial charge on any atom is 0.225 e. The van der Waals surface area contributed by atoms with Gasteiger partial charge in [-0.05, 0) is 12.1 Å². The summed E-state index contributed by atoms with van der Waals surface area (Å²) in [5.74, 6) is 0.594. The highest BCUT2D eigenvalue weighted by Crippen LogP contribution is 2.16. The molecule has 1 aromatic carbocycles. The Balaban J connectivity index is 1.65. The van der Waals surface area contributed by atoms with Crippen LogP contribution in [0, 0.1) is 0 Å². The summed E-state index contributed by atoms with van der Waals surface area (Å²) >= 11 is 0. The minimum Gasteiger partial charge on any atom is -0.504 e. The Morgan fingerprint density at radius 2 is 1.68 bits per heavy atom. The van der Waals surface area contributed by atoms with Gasteiger partial charge in [-0.15, -0.1) is 0 Å². The van der Waals surface area contributed by atoms with Gasteiger partial charge in [0.15, 0.2) is 5.75 Å². The topological polar surface area (TPSA) is 69.6 Å². The molecule has 0 spiro atoms. The highest BCUT2D eigenvalue weighted by atomic mass is 16.3. The summed E-state index contributed by atoms with van der Waals surface area (Å²) in [5, 5.41) is 9.95. The molecule has 6 nitrogen and oxygen atoms in total. The first kappa shape index (κ1) is 14.5. The van der Waals surface area contributed by atoms with Gasteiger partial charge in [0, 0.05) is 50.7 Å². The Labute approximate surface area is 128 Å². The molecule has 0 amide bonds. The lowest BCUT2D eigenvalue weighted by Gasteiger charge is -2.34. The molecule has 1 saturated heterocycles. The third-order valence-electron chi connectivity index (χ3n) is 3.79. The van der Waals surface area contributed by atoms with Gasteiger partial charge in [0.25, 0.3) is 0 Å². The number of aromatic hydroxyl groups is 1. The maximum atomic E-state index is 11.6. The average Bonchev–Trinajstić information content (AvgIpc) is 2.72. The van der Waals surface area contributed by atoms with Gasteiger partial charge in [0.05, 0.1) is 0 Å². The van der Waals surface area contributed by atoms with Crippen LogP contribution in [0.4, 0.5) is 5.95 Å². The second kappa shape index (κ2) is 6.53. The Morgan fingerprint density at radius 1 is 1.00 bits per heavy atom. The summed E-state index contributed by atoms with van der Waals surface area (Å²) in [7, 11) is 0. The van der Waals surface area contributed by atoms with Crippen LogP contribution in [0.25, 0.3) is 0 Å². The molecule has 0 unspecified atom stereocenters. The molecule has 0 atom stereocenters. The Hall–Kier alpha value is -2.47. The van der Waals surface area contributed by atoms with Crippen molar-refractivity contribution in [3.63, 3.8) is 0 Å². The number of anilines is 1. The fourth-order valence-corrected chi connectivity index (χ4v) is 2.56. The molecule has 114 valence electrons. The first-order valence-corrected chi connectivity index (χ1v) is 7.29. The zero-order valence-corrected chi connectivity index (χ0v) is 12.2. The average molecular weight is 298 g/mol. The zero-order valence-electron chi connectivity index (χ0n) is 12.2. The van der Waals surface area contributed by atoms with E-state index < -0.39 is 0 Å². The minimum atomic E-state index is -0.337. The van der Waals surface area contributed by atoms with Gasteiger partial charge in [0.2, 0.25) is 11.4 Å². The van der Waals surface area contributed by atoms with Crippen LogP contribution >= 0.6 is 0 Å². The molecule has 6 heteroatoms. The highest BCUT2D eigenvalue weighted by molar-refractivity contribution is 5.32. The molecule has 1 N–H and O–H groups in total. The van der Waals surface area contributed by atoms with E-state index in [1.165, 1.54) is 6.07 Å². The fourth-order valence-electron chi connectivity index (χ4n) is 2.56. The lowest BCUT2D eigenvalue weighted by molar-refractivity contribution is 0.245. The van der Waals surface area contributed by atoms with Crippen LogP contribution in [-0.4, -0.2) is 46.2 Å². The van der Waals surface area contributed by atoms with E-state index in [0.29, 0.717) is 12.1 Å². The molecule has 3 rings (SSSR count). The van der Waals surface area contributed by atoms with Crippen molar-refractivity contribution in [2.45, 2.75) is 6.54 Å². The first-order valence-electron chi connectivity index (χ1n) is 7.29. The van der Waals surface area contributed by atoms with Gasteiger partial charge in [-0.1, -0.05) is 18.2 Å². The monoisotopic (exact) mass is 298 g/mol. The van der Waals surface area contributed by atoms with Crippen molar-refractivity contribution >= 4 is 5.95 Å². The predicted octanol–water partition coefficient (Wildman–Crippen LogP) is 0.865. The number of rotatable bonds is 3. The molecular weight excluding hydrogens is 280 g/mol. The van der Waals surface area contributed by atoms with Crippen molar-refractivity contribution < 1.29 is 5.11 Å². The van der Waals surface area contributed by atoms with Crippen molar-refractivity contribution in [3.05, 3.63) is 58.5 Å². The molecule has 1 aliphatic rings. The summed E-state index contributed by atoms with van der Waals surface area (Å²) in [6.45, 7) is 3.90. The van der Waals surface area contributed by atoms with Crippen LogP contribution in [0.1, 0.15) is 5.56 Å². The van der Waals surface area contributed by atoms with Crippen molar-refractivity contribution in [3.8, 4) is 5.75 Å². The number of nitrogens with zero attached hydrogens (tertiary/aromatic N) is 4. The molecule has 2 heterocycles. The van der Waals surface area contributed by atoms with E-state index in [1.54, 1.807) is 36.7 Å². The van der Waals surface area contributed by atoms with E-state index in [9.17, 15) is 9.90 Å². The third kappa shape index (κ3) is 3.23. The summed E-state index contributed by atoms with van der Waals surface area (Å²) in [6.07, 6.45) is 3.49. The Bertz CT molecular complexity index is 685. The van der Waals surface area contributed by atoms with E-state index >= 15 is 0 Å². The Morgan fingerprint density at radius 3 is 2.41 bits per heavy atom. The summed E-state index contributed by atoms with van der Waals surface area (Å²) in [6, 6.07) is 8.41. The second-order valence-corrected chi connectivity index (χ2v) is 5.27. The van der Waals surface area contributed by atoms with Gasteiger partial charge in [0.1, 0.15) is 0 Å². The normalized spacial score (nSPS) is 15.7. The lowest BCUT2D eigenvalue weighted by atomic mass is 10.2. The lowest BCUT2D eigenvalue weighted by Crippen LogP contribution is -2.46. The molecule has 2 aromatic rings. The van der Waals surface area contributed by atoms with E-state index in [2.05, 4.69) is 19.8 Å². The van der Waals surface area contributed by atoms with Crippen LogP contribution in [-0.2, 0) is 6.54 Å². The van der Waals surface area contributed by atoms with Crippen LogP contribution < -0.4 is 10.3 Å². The van der Waals surface area contributed by atoms with E-state index in [0.717, 1.165) is 32.1 Å². The smallest absolute Gasteiger partial charge is 0.225 e. The number of hydrogen-bond acceptors (Lipinski definition) is 6. The van der Waals surface area contributed by atoms with Crippen LogP contribution in [0.2, 0.25) is 0 Å². The molecule has 1 aromatic heterocycles. The van der Waals surface area contributed by atoms with Crippen molar-refractivity contribution in [2.24, 2.45) is 0 Å². The molecule has 0 aliphatic carbocycles. The molecule has 22 heavy (non-hydrogen) atoms. The van der Waals surface area contributed by atoms with Crippen LogP contribution in [0.15, 0.2) is 47.5 Å². The number of piperazine rings is 1. The molecular formula is C16H18N4O2. The van der Waals surface area contributed by atoms with Crippen LogP contribution in [0.3, 0.4) is 0 Å². The summed E-state index contributed by atoms with van der Waals surface area (Å²) in [4.78, 5) is 24.5. The van der Waals surface area contributed by atoms with Gasteiger partial charge >= 0.3 is 0 Å². The zero-order chi connectivity index (χ0) is 15.4. The number of aromatic nitrogens is 2. The van der Waals surface area contributed by atoms with Crippen molar-refractivity contribution in [1.29, 1.82) is 0 Å².